The largest absolute Gasteiger partial charge is 0.448 e. The second-order valence-corrected chi connectivity index (χ2v) is 9.94. The second kappa shape index (κ2) is 13.0. The van der Waals surface area contributed by atoms with E-state index in [9.17, 15) is 31.9 Å². The summed E-state index contributed by atoms with van der Waals surface area (Å²) in [4.78, 5) is 48.6. The summed E-state index contributed by atoms with van der Waals surface area (Å²) in [6.07, 6.45) is -2.91. The number of ether oxygens (including phenoxy) is 1. The van der Waals surface area contributed by atoms with Crippen molar-refractivity contribution < 1.29 is 36.7 Å². The lowest BCUT2D eigenvalue weighted by molar-refractivity contribution is -0.138. The Kier molecular flexibility index (Phi) is 8.85. The smallest absolute Gasteiger partial charge is 0.416 e. The maximum atomic E-state index is 14.6. The van der Waals surface area contributed by atoms with E-state index in [0.29, 0.717) is 11.3 Å². The van der Waals surface area contributed by atoms with Gasteiger partial charge in [-0.05, 0) is 60.5 Å². The molecule has 5 rings (SSSR count). The lowest BCUT2D eigenvalue weighted by atomic mass is 10.1. The number of carbonyl (C=O) groups is 3. The number of hydrogen-bond donors (Lipinski definition) is 5. The molecule has 0 spiro atoms. The van der Waals surface area contributed by atoms with Crippen LogP contribution in [-0.2, 0) is 22.3 Å². The molecule has 0 radical (unpaired) electrons. The van der Waals surface area contributed by atoms with Gasteiger partial charge in [-0.25, -0.2) is 14.4 Å². The Morgan fingerprint density at radius 1 is 1.06 bits per heavy atom. The molecule has 3 amide bonds. The Morgan fingerprint density at radius 2 is 1.85 bits per heavy atom. The predicted molar refractivity (Wildman–Crippen MR) is 164 cm³/mol. The third kappa shape index (κ3) is 7.50. The second-order valence-electron chi connectivity index (χ2n) is 9.94. The van der Waals surface area contributed by atoms with Crippen LogP contribution in [0, 0.1) is 12.7 Å². The van der Waals surface area contributed by atoms with Crippen LogP contribution in [-0.4, -0.2) is 32.7 Å². The van der Waals surface area contributed by atoms with Crippen LogP contribution in [0.5, 0.6) is 5.75 Å². The summed E-state index contributed by atoms with van der Waals surface area (Å²) in [6.45, 7) is 8.07. The number of carbonyl (C=O) groups excluding carboxylic acids is 3. The SMILES string of the molecule is C=CC(=O)NCc1ccc(NC(=O)c2ccc(C)c(Nc3ncc(F)c(Nc4ccc5c(n4)NC(=O)C(=C)O5)n3)c2)cc1C(F)(F)F. The number of anilines is 6. The Labute approximate surface area is 264 Å². The molecule has 3 heterocycles. The fourth-order valence-corrected chi connectivity index (χ4v) is 4.23. The number of alkyl halides is 3. The number of aryl methyl sites for hydroxylation is 1. The van der Waals surface area contributed by atoms with Crippen LogP contribution < -0.4 is 31.3 Å². The van der Waals surface area contributed by atoms with Gasteiger partial charge >= 0.3 is 6.18 Å². The Balaban J connectivity index is 1.32. The van der Waals surface area contributed by atoms with Crippen molar-refractivity contribution in [3.05, 3.63) is 108 Å². The third-order valence-electron chi connectivity index (χ3n) is 6.62. The maximum absolute atomic E-state index is 14.6. The zero-order valence-electron chi connectivity index (χ0n) is 24.4. The number of rotatable bonds is 9. The highest BCUT2D eigenvalue weighted by atomic mass is 19.4. The van der Waals surface area contributed by atoms with Crippen molar-refractivity contribution in [2.24, 2.45) is 0 Å². The van der Waals surface area contributed by atoms with E-state index in [2.05, 4.69) is 54.7 Å². The van der Waals surface area contributed by atoms with Crippen molar-refractivity contribution in [2.45, 2.75) is 19.6 Å². The van der Waals surface area contributed by atoms with Crippen molar-refractivity contribution in [3.63, 3.8) is 0 Å². The zero-order chi connectivity index (χ0) is 33.9. The Morgan fingerprint density at radius 3 is 2.60 bits per heavy atom. The van der Waals surface area contributed by atoms with Gasteiger partial charge in [-0.2, -0.15) is 18.2 Å². The van der Waals surface area contributed by atoms with Crippen molar-refractivity contribution >= 4 is 52.5 Å². The zero-order valence-corrected chi connectivity index (χ0v) is 24.4. The van der Waals surface area contributed by atoms with Crippen LogP contribution in [0.2, 0.25) is 0 Å². The molecule has 0 saturated carbocycles. The number of amides is 3. The molecule has 12 nitrogen and oxygen atoms in total. The van der Waals surface area contributed by atoms with Gasteiger partial charge in [0.25, 0.3) is 11.8 Å². The van der Waals surface area contributed by atoms with E-state index in [1.54, 1.807) is 13.0 Å². The molecule has 240 valence electrons. The summed E-state index contributed by atoms with van der Waals surface area (Å²) in [5, 5.41) is 12.9. The van der Waals surface area contributed by atoms with Crippen LogP contribution >= 0.6 is 0 Å². The summed E-state index contributed by atoms with van der Waals surface area (Å²) in [6, 6.07) is 10.7. The van der Waals surface area contributed by atoms with Gasteiger partial charge in [0.2, 0.25) is 11.9 Å². The first kappa shape index (κ1) is 32.1. The highest BCUT2D eigenvalue weighted by Gasteiger charge is 2.34. The first-order valence-electron chi connectivity index (χ1n) is 13.6. The minimum atomic E-state index is -4.76. The molecule has 1 aliphatic rings. The monoisotopic (exact) mass is 648 g/mol. The van der Waals surface area contributed by atoms with Crippen molar-refractivity contribution in [3.8, 4) is 5.75 Å². The molecule has 0 bridgehead atoms. The summed E-state index contributed by atoms with van der Waals surface area (Å²) >= 11 is 0. The minimum Gasteiger partial charge on any atom is -0.448 e. The first-order valence-corrected chi connectivity index (χ1v) is 13.6. The highest BCUT2D eigenvalue weighted by molar-refractivity contribution is 6.05. The molecule has 4 aromatic rings. The number of hydrogen-bond acceptors (Lipinski definition) is 9. The lowest BCUT2D eigenvalue weighted by Gasteiger charge is -2.18. The van der Waals surface area contributed by atoms with Gasteiger partial charge < -0.3 is 31.3 Å². The van der Waals surface area contributed by atoms with Gasteiger partial charge in [0, 0.05) is 23.5 Å². The summed E-state index contributed by atoms with van der Waals surface area (Å²) in [5.74, 6) is -2.71. The molecule has 2 aromatic heterocycles. The van der Waals surface area contributed by atoms with Gasteiger partial charge in [-0.15, -0.1) is 0 Å². The third-order valence-corrected chi connectivity index (χ3v) is 6.62. The molecular formula is C31H24F4N8O4. The normalized spacial score (nSPS) is 12.3. The molecule has 0 saturated heterocycles. The van der Waals surface area contributed by atoms with E-state index in [0.717, 1.165) is 24.4 Å². The molecule has 1 aliphatic heterocycles. The van der Waals surface area contributed by atoms with Gasteiger partial charge in [-0.3, -0.25) is 14.4 Å². The minimum absolute atomic E-state index is 0.0607. The van der Waals surface area contributed by atoms with Crippen molar-refractivity contribution in [2.75, 3.05) is 21.3 Å². The fourth-order valence-electron chi connectivity index (χ4n) is 4.23. The number of nitrogens with one attached hydrogen (secondary N) is 5. The molecule has 0 unspecified atom stereocenters. The number of fused-ring (bicyclic) bond motifs is 1. The van der Waals surface area contributed by atoms with Crippen LogP contribution in [0.4, 0.5) is 52.3 Å². The van der Waals surface area contributed by atoms with Crippen LogP contribution in [0.25, 0.3) is 0 Å². The van der Waals surface area contributed by atoms with Gasteiger partial charge in [-0.1, -0.05) is 25.3 Å². The van der Waals surface area contributed by atoms with Crippen molar-refractivity contribution in [1.82, 2.24) is 20.3 Å². The average molecular weight is 649 g/mol. The van der Waals surface area contributed by atoms with Crippen LogP contribution in [0.3, 0.4) is 0 Å². The van der Waals surface area contributed by atoms with E-state index in [1.165, 1.54) is 30.3 Å². The molecule has 0 atom stereocenters. The quantitative estimate of drug-likeness (QED) is 0.113. The van der Waals surface area contributed by atoms with E-state index in [-0.39, 0.29) is 51.7 Å². The number of aromatic nitrogens is 3. The molecule has 5 N–H and O–H groups in total. The Hall–Kier alpha value is -6.32. The Bertz CT molecular complexity index is 1950. The van der Waals surface area contributed by atoms with E-state index in [4.69, 9.17) is 4.74 Å². The van der Waals surface area contributed by atoms with Crippen molar-refractivity contribution in [1.29, 1.82) is 0 Å². The van der Waals surface area contributed by atoms with Crippen LogP contribution in [0.15, 0.2) is 79.7 Å². The number of pyridine rings is 1. The average Bonchev–Trinajstić information content (AvgIpc) is 3.03. The standard InChI is InChI=1S/C31H24F4N8O4/c1-4-25(44)36-13-18-7-8-19(12-20(18)31(33,34)35)38-29(46)17-6-5-15(2)22(11-17)39-30-37-14-21(32)26(43-30)40-24-10-9-23-27(41-24)42-28(45)16(3)47-23/h4-12,14H,1,3,13H2,2H3,(H,36,44)(H,38,46)(H3,37,39,40,41,42,43,45). The lowest BCUT2D eigenvalue weighted by Crippen LogP contribution is -2.23. The fraction of sp³-hybridized carbons (Fsp3) is 0.0968. The van der Waals surface area contributed by atoms with E-state index >= 15 is 0 Å². The summed E-state index contributed by atoms with van der Waals surface area (Å²) < 4.78 is 61.2. The van der Waals surface area contributed by atoms with E-state index < -0.39 is 41.8 Å². The molecule has 47 heavy (non-hydrogen) atoms. The van der Waals surface area contributed by atoms with Gasteiger partial charge in [0.1, 0.15) is 5.82 Å². The van der Waals surface area contributed by atoms with Gasteiger partial charge in [0.05, 0.1) is 11.8 Å². The molecule has 16 heteroatoms. The van der Waals surface area contributed by atoms with Crippen LogP contribution in [0.1, 0.15) is 27.0 Å². The topological polar surface area (TPSA) is 159 Å². The number of halogens is 4. The maximum Gasteiger partial charge on any atom is 0.416 e. The molecule has 0 fully saturated rings. The number of nitrogens with zero attached hydrogens (tertiary/aromatic N) is 3. The predicted octanol–water partition coefficient (Wildman–Crippen LogP) is 5.72. The first-order chi connectivity index (χ1) is 22.3. The van der Waals surface area contributed by atoms with Gasteiger partial charge in [0.15, 0.2) is 29.0 Å². The summed E-state index contributed by atoms with van der Waals surface area (Å²) in [5.41, 5.74) is -0.275. The van der Waals surface area contributed by atoms with E-state index in [1.807, 2.05) is 0 Å². The molecular weight excluding hydrogens is 624 g/mol. The summed E-state index contributed by atoms with van der Waals surface area (Å²) in [7, 11) is 0. The number of benzene rings is 2. The molecule has 0 aliphatic carbocycles. The highest BCUT2D eigenvalue weighted by Crippen LogP contribution is 2.34. The molecule has 2 aromatic carbocycles.